The van der Waals surface area contributed by atoms with E-state index in [9.17, 15) is 4.79 Å². The molecule has 1 rings (SSSR count). The zero-order valence-electron chi connectivity index (χ0n) is 12.8. The van der Waals surface area contributed by atoms with Crippen molar-refractivity contribution in [2.45, 2.75) is 33.1 Å². The van der Waals surface area contributed by atoms with Gasteiger partial charge in [0.1, 0.15) is 0 Å². The van der Waals surface area contributed by atoms with Crippen LogP contribution in [-0.4, -0.2) is 25.5 Å². The lowest BCUT2D eigenvalue weighted by Crippen LogP contribution is -2.36. The van der Waals surface area contributed by atoms with Gasteiger partial charge in [-0.1, -0.05) is 48.0 Å². The first-order valence-corrected chi connectivity index (χ1v) is 8.20. The Morgan fingerprint density at radius 1 is 1.19 bits per heavy atom. The molecule has 1 amide bonds. The van der Waals surface area contributed by atoms with Crippen LogP contribution in [0.3, 0.4) is 0 Å². The first-order valence-electron chi connectivity index (χ1n) is 7.40. The smallest absolute Gasteiger partial charge is 0.223 e. The third-order valence-corrected chi connectivity index (χ3v) is 4.09. The lowest BCUT2D eigenvalue weighted by Gasteiger charge is -2.16. The molecule has 0 heterocycles. The van der Waals surface area contributed by atoms with Crippen LogP contribution in [0.2, 0.25) is 0 Å². The molecule has 1 aromatic rings. The highest BCUT2D eigenvalue weighted by Gasteiger charge is 2.17. The minimum absolute atomic E-state index is 0. The largest absolute Gasteiger partial charge is 0.355 e. The summed E-state index contributed by atoms with van der Waals surface area (Å²) in [5.74, 6) is 0.196. The summed E-state index contributed by atoms with van der Waals surface area (Å²) < 4.78 is 1.08. The Morgan fingerprint density at radius 3 is 2.52 bits per heavy atom. The molecule has 0 saturated carbocycles. The molecule has 120 valence electrons. The number of carbonyl (C=O) groups is 1. The molecule has 5 heteroatoms. The Hall–Kier alpha value is -0.580. The molecule has 0 radical (unpaired) electrons. The van der Waals surface area contributed by atoms with Crippen molar-refractivity contribution in [3.05, 3.63) is 34.3 Å². The number of hydrogen-bond donors (Lipinski definition) is 2. The number of rotatable bonds is 9. The monoisotopic (exact) mass is 376 g/mol. The maximum absolute atomic E-state index is 12.2. The molecule has 2 N–H and O–H groups in total. The minimum Gasteiger partial charge on any atom is -0.355 e. The predicted molar refractivity (Wildman–Crippen MR) is 95.0 cm³/mol. The van der Waals surface area contributed by atoms with E-state index < -0.39 is 0 Å². The Kier molecular flexibility index (Phi) is 11.7. The molecule has 0 aliphatic rings. The van der Waals surface area contributed by atoms with Crippen LogP contribution in [-0.2, 0) is 11.2 Å². The second kappa shape index (κ2) is 12.0. The van der Waals surface area contributed by atoms with Crippen LogP contribution in [0.15, 0.2) is 28.7 Å². The van der Waals surface area contributed by atoms with E-state index in [1.54, 1.807) is 0 Å². The number of carbonyl (C=O) groups excluding carboxylic acids is 1. The second-order valence-electron chi connectivity index (χ2n) is 4.94. The van der Waals surface area contributed by atoms with Gasteiger partial charge >= 0.3 is 0 Å². The Balaban J connectivity index is 0.00000400. The van der Waals surface area contributed by atoms with Gasteiger partial charge in [0.15, 0.2) is 0 Å². The maximum Gasteiger partial charge on any atom is 0.223 e. The Morgan fingerprint density at radius 2 is 1.90 bits per heavy atom. The van der Waals surface area contributed by atoms with Gasteiger partial charge in [-0.3, -0.25) is 4.79 Å². The minimum atomic E-state index is 0. The van der Waals surface area contributed by atoms with E-state index in [-0.39, 0.29) is 24.2 Å². The lowest BCUT2D eigenvalue weighted by atomic mass is 9.96. The third-order valence-electron chi connectivity index (χ3n) is 3.32. The summed E-state index contributed by atoms with van der Waals surface area (Å²) in [6.07, 6.45) is 2.76. The Bertz CT molecular complexity index is 415. The van der Waals surface area contributed by atoms with Gasteiger partial charge in [-0.2, -0.15) is 0 Å². The molecule has 0 bridgehead atoms. The lowest BCUT2D eigenvalue weighted by molar-refractivity contribution is -0.125. The second-order valence-corrected chi connectivity index (χ2v) is 5.80. The molecule has 1 atom stereocenters. The van der Waals surface area contributed by atoms with Crippen LogP contribution in [0.5, 0.6) is 0 Å². The SMILES string of the molecule is CCCNCCNC(=O)C(CC)Cc1ccccc1Br.Cl. The van der Waals surface area contributed by atoms with Crippen molar-refractivity contribution >= 4 is 34.2 Å². The van der Waals surface area contributed by atoms with Crippen LogP contribution in [0.1, 0.15) is 32.3 Å². The quantitative estimate of drug-likeness (QED) is 0.646. The molecular weight excluding hydrogens is 352 g/mol. The number of nitrogens with one attached hydrogen (secondary N) is 2. The first-order chi connectivity index (χ1) is 9.69. The highest BCUT2D eigenvalue weighted by atomic mass is 79.9. The molecule has 0 spiro atoms. The van der Waals surface area contributed by atoms with Gasteiger partial charge in [0.2, 0.25) is 5.91 Å². The van der Waals surface area contributed by atoms with Crippen molar-refractivity contribution < 1.29 is 4.79 Å². The molecule has 0 aliphatic carbocycles. The summed E-state index contributed by atoms with van der Waals surface area (Å²) in [7, 11) is 0. The average molecular weight is 378 g/mol. The van der Waals surface area contributed by atoms with Gasteiger partial charge in [0.25, 0.3) is 0 Å². The zero-order valence-corrected chi connectivity index (χ0v) is 15.2. The van der Waals surface area contributed by atoms with Gasteiger partial charge in [0, 0.05) is 23.5 Å². The van der Waals surface area contributed by atoms with Crippen molar-refractivity contribution in [3.63, 3.8) is 0 Å². The predicted octanol–water partition coefficient (Wildman–Crippen LogP) is 3.56. The average Bonchev–Trinajstić information content (AvgIpc) is 2.46. The van der Waals surface area contributed by atoms with Gasteiger partial charge in [-0.25, -0.2) is 0 Å². The van der Waals surface area contributed by atoms with Crippen molar-refractivity contribution in [3.8, 4) is 0 Å². The van der Waals surface area contributed by atoms with Crippen LogP contribution in [0.4, 0.5) is 0 Å². The van der Waals surface area contributed by atoms with Crippen LogP contribution in [0, 0.1) is 5.92 Å². The molecule has 0 fully saturated rings. The van der Waals surface area contributed by atoms with Gasteiger partial charge in [-0.05, 0) is 37.4 Å². The fourth-order valence-electron chi connectivity index (χ4n) is 2.07. The number of halogens is 2. The summed E-state index contributed by atoms with van der Waals surface area (Å²) in [5, 5.41) is 6.30. The van der Waals surface area contributed by atoms with E-state index in [4.69, 9.17) is 0 Å². The molecular formula is C16H26BrClN2O. The normalized spacial score (nSPS) is 11.6. The van der Waals surface area contributed by atoms with E-state index in [1.165, 1.54) is 5.56 Å². The van der Waals surface area contributed by atoms with Crippen LogP contribution >= 0.6 is 28.3 Å². The van der Waals surface area contributed by atoms with Crippen molar-refractivity contribution in [1.82, 2.24) is 10.6 Å². The topological polar surface area (TPSA) is 41.1 Å². The van der Waals surface area contributed by atoms with Crippen LogP contribution < -0.4 is 10.6 Å². The van der Waals surface area contributed by atoms with E-state index >= 15 is 0 Å². The molecule has 3 nitrogen and oxygen atoms in total. The highest BCUT2D eigenvalue weighted by Crippen LogP contribution is 2.21. The Labute approximate surface area is 142 Å². The number of hydrogen-bond acceptors (Lipinski definition) is 2. The molecule has 0 saturated heterocycles. The number of amides is 1. The molecule has 1 unspecified atom stereocenters. The molecule has 0 aromatic heterocycles. The number of benzene rings is 1. The summed E-state index contributed by atoms with van der Waals surface area (Å²) in [6.45, 7) is 6.74. The van der Waals surface area contributed by atoms with E-state index in [2.05, 4.69) is 46.5 Å². The van der Waals surface area contributed by atoms with Crippen molar-refractivity contribution in [2.75, 3.05) is 19.6 Å². The standard InChI is InChI=1S/C16H25BrN2O.ClH/c1-3-9-18-10-11-19-16(20)13(4-2)12-14-7-5-6-8-15(14)17;/h5-8,13,18H,3-4,9-12H2,1-2H3,(H,19,20);1H. The van der Waals surface area contributed by atoms with E-state index in [0.29, 0.717) is 6.54 Å². The fourth-order valence-corrected chi connectivity index (χ4v) is 2.52. The summed E-state index contributed by atoms with van der Waals surface area (Å²) in [5.41, 5.74) is 1.19. The van der Waals surface area contributed by atoms with Gasteiger partial charge in [-0.15, -0.1) is 12.4 Å². The fraction of sp³-hybridized carbons (Fsp3) is 0.562. The molecule has 0 aliphatic heterocycles. The van der Waals surface area contributed by atoms with E-state index in [0.717, 1.165) is 36.8 Å². The van der Waals surface area contributed by atoms with Gasteiger partial charge in [0.05, 0.1) is 0 Å². The van der Waals surface area contributed by atoms with Crippen molar-refractivity contribution in [1.29, 1.82) is 0 Å². The van der Waals surface area contributed by atoms with Gasteiger partial charge < -0.3 is 10.6 Å². The summed E-state index contributed by atoms with van der Waals surface area (Å²) in [6, 6.07) is 8.10. The van der Waals surface area contributed by atoms with E-state index in [1.807, 2.05) is 18.2 Å². The summed E-state index contributed by atoms with van der Waals surface area (Å²) >= 11 is 3.54. The maximum atomic E-state index is 12.2. The summed E-state index contributed by atoms with van der Waals surface area (Å²) in [4.78, 5) is 12.2. The zero-order chi connectivity index (χ0) is 14.8. The van der Waals surface area contributed by atoms with Crippen molar-refractivity contribution in [2.24, 2.45) is 5.92 Å². The molecule has 1 aromatic carbocycles. The van der Waals surface area contributed by atoms with Crippen LogP contribution in [0.25, 0.3) is 0 Å². The first kappa shape index (κ1) is 20.4. The highest BCUT2D eigenvalue weighted by molar-refractivity contribution is 9.10. The molecule has 21 heavy (non-hydrogen) atoms. The third kappa shape index (κ3) is 7.84.